The van der Waals surface area contributed by atoms with Crippen LogP contribution in [0.5, 0.6) is 0 Å². The summed E-state index contributed by atoms with van der Waals surface area (Å²) in [5.74, 6) is -0.448. The van der Waals surface area contributed by atoms with E-state index in [1.807, 2.05) is 20.9 Å². The highest BCUT2D eigenvalue weighted by atomic mass is 19.1. The first kappa shape index (κ1) is 12.6. The van der Waals surface area contributed by atoms with Crippen molar-refractivity contribution in [1.82, 2.24) is 4.90 Å². The highest BCUT2D eigenvalue weighted by Crippen LogP contribution is 2.27. The average molecular weight is 217 g/mol. The van der Waals surface area contributed by atoms with Crippen molar-refractivity contribution in [3.63, 3.8) is 0 Å². The molecule has 4 heteroatoms. The monoisotopic (exact) mass is 217 g/mol. The van der Waals surface area contributed by atoms with Gasteiger partial charge >= 0.3 is 0 Å². The van der Waals surface area contributed by atoms with E-state index >= 15 is 0 Å². The van der Waals surface area contributed by atoms with Gasteiger partial charge in [-0.3, -0.25) is 4.90 Å². The van der Waals surface area contributed by atoms with Gasteiger partial charge in [0.05, 0.1) is 13.2 Å². The van der Waals surface area contributed by atoms with Gasteiger partial charge in [-0.2, -0.15) is 0 Å². The number of hydrogen-bond donors (Lipinski definition) is 1. The molecule has 0 bridgehead atoms. The molecule has 1 atom stereocenters. The molecule has 1 rings (SSSR count). The van der Waals surface area contributed by atoms with Gasteiger partial charge < -0.3 is 9.84 Å². The Morgan fingerprint density at radius 2 is 2.33 bits per heavy atom. The van der Waals surface area contributed by atoms with Crippen LogP contribution in [-0.2, 0) is 4.74 Å². The first-order chi connectivity index (χ1) is 6.97. The minimum atomic E-state index is -0.498. The van der Waals surface area contributed by atoms with Gasteiger partial charge in [0.15, 0.2) is 0 Å². The van der Waals surface area contributed by atoms with Crippen molar-refractivity contribution >= 4 is 0 Å². The molecule has 88 valence electrons. The second-order valence-corrected chi connectivity index (χ2v) is 4.41. The van der Waals surface area contributed by atoms with Gasteiger partial charge in [0, 0.05) is 6.04 Å². The third-order valence-corrected chi connectivity index (χ3v) is 3.04. The molecule has 0 aromatic rings. The van der Waals surface area contributed by atoms with Crippen molar-refractivity contribution in [3.8, 4) is 0 Å². The summed E-state index contributed by atoms with van der Waals surface area (Å²) in [4.78, 5) is 2.16. The van der Waals surface area contributed by atoms with Gasteiger partial charge in [0.1, 0.15) is 11.6 Å². The predicted molar refractivity (Wildman–Crippen MR) is 57.1 cm³/mol. The zero-order chi connectivity index (χ0) is 11.5. The number of nitrogens with zero attached hydrogens (tertiary/aromatic N) is 1. The predicted octanol–water partition coefficient (Wildman–Crippen LogP) is 1.68. The van der Waals surface area contributed by atoms with Crippen LogP contribution in [-0.4, -0.2) is 42.0 Å². The number of aliphatic hydroxyl groups excluding tert-OH is 1. The first-order valence-electron chi connectivity index (χ1n) is 5.29. The molecule has 0 amide bonds. The summed E-state index contributed by atoms with van der Waals surface area (Å²) in [6, 6.07) is 0.336. The lowest BCUT2D eigenvalue weighted by Gasteiger charge is -2.29. The Bertz CT molecular complexity index is 241. The Hall–Kier alpha value is -0.450. The van der Waals surface area contributed by atoms with Crippen LogP contribution in [0.4, 0.5) is 4.39 Å². The molecule has 1 aliphatic heterocycles. The molecular formula is C11H20FNO2. The summed E-state index contributed by atoms with van der Waals surface area (Å²) in [7, 11) is 2.02. The third kappa shape index (κ3) is 3.26. The number of hydrogen-bond acceptors (Lipinski definition) is 3. The lowest BCUT2D eigenvalue weighted by atomic mass is 10.1. The molecule has 0 aromatic heterocycles. The number of rotatable bonds is 4. The van der Waals surface area contributed by atoms with E-state index in [0.29, 0.717) is 19.1 Å². The largest absolute Gasteiger partial charge is 0.389 e. The number of likely N-dealkylation sites (N-methyl/N-ethyl adjacent to an activating group) is 1. The Labute approximate surface area is 90.5 Å². The molecule has 15 heavy (non-hydrogen) atoms. The molecule has 3 nitrogen and oxygen atoms in total. The molecule has 1 fully saturated rings. The van der Waals surface area contributed by atoms with Gasteiger partial charge in [-0.15, -0.1) is 0 Å². The van der Waals surface area contributed by atoms with Crippen LogP contribution in [0.2, 0.25) is 0 Å². The molecule has 1 heterocycles. The van der Waals surface area contributed by atoms with Crippen molar-refractivity contribution in [1.29, 1.82) is 0 Å². The van der Waals surface area contributed by atoms with Gasteiger partial charge in [0.25, 0.3) is 0 Å². The summed E-state index contributed by atoms with van der Waals surface area (Å²) in [5, 5.41) is 8.48. The molecule has 1 aliphatic rings. The third-order valence-electron chi connectivity index (χ3n) is 3.04. The maximum Gasteiger partial charge on any atom is 0.121 e. The topological polar surface area (TPSA) is 32.7 Å². The van der Waals surface area contributed by atoms with E-state index in [1.54, 1.807) is 0 Å². The van der Waals surface area contributed by atoms with Gasteiger partial charge in [-0.25, -0.2) is 4.39 Å². The minimum absolute atomic E-state index is 0.218. The summed E-state index contributed by atoms with van der Waals surface area (Å²) >= 11 is 0. The van der Waals surface area contributed by atoms with Crippen LogP contribution >= 0.6 is 0 Å². The summed E-state index contributed by atoms with van der Waals surface area (Å²) in [5.41, 5.74) is -0.218. The maximum absolute atomic E-state index is 12.6. The van der Waals surface area contributed by atoms with Gasteiger partial charge in [-0.1, -0.05) is 6.08 Å². The average Bonchev–Trinajstić information content (AvgIpc) is 2.44. The summed E-state index contributed by atoms with van der Waals surface area (Å²) < 4.78 is 18.2. The second kappa shape index (κ2) is 5.05. The van der Waals surface area contributed by atoms with Crippen LogP contribution in [0, 0.1) is 0 Å². The van der Waals surface area contributed by atoms with E-state index in [1.165, 1.54) is 6.08 Å². The molecule has 0 spiro atoms. The van der Waals surface area contributed by atoms with Crippen molar-refractivity contribution in [2.45, 2.75) is 38.5 Å². The molecule has 0 aliphatic carbocycles. The maximum atomic E-state index is 12.6. The number of halogens is 1. The Kier molecular flexibility index (Phi) is 4.25. The fraction of sp³-hybridized carbons (Fsp3) is 0.818. The Morgan fingerprint density at radius 3 is 2.80 bits per heavy atom. The number of aliphatic hydroxyl groups is 1. The Balaban J connectivity index is 2.35. The van der Waals surface area contributed by atoms with Gasteiger partial charge in [-0.05, 0) is 33.7 Å². The van der Waals surface area contributed by atoms with E-state index < -0.39 is 12.4 Å². The zero-order valence-electron chi connectivity index (χ0n) is 9.66. The fourth-order valence-electron chi connectivity index (χ4n) is 1.73. The molecule has 0 unspecified atom stereocenters. The molecule has 1 N–H and O–H groups in total. The van der Waals surface area contributed by atoms with Crippen LogP contribution < -0.4 is 0 Å². The quantitative estimate of drug-likeness (QED) is 0.777. The molecule has 0 saturated carbocycles. The highest BCUT2D eigenvalue weighted by Gasteiger charge is 2.36. The van der Waals surface area contributed by atoms with E-state index in [4.69, 9.17) is 9.84 Å². The first-order valence-corrected chi connectivity index (χ1v) is 5.29. The normalized spacial score (nSPS) is 27.3. The lowest BCUT2D eigenvalue weighted by molar-refractivity contribution is -0.0414. The molecule has 1 saturated heterocycles. The molecule has 0 radical (unpaired) electrons. The number of allylic oxidation sites excluding steroid dienone is 1. The Morgan fingerprint density at radius 1 is 1.67 bits per heavy atom. The SMILES string of the molecule is CN1[C@@H](CCC=C(F)CO)COC1(C)C. The van der Waals surface area contributed by atoms with E-state index in [2.05, 4.69) is 4.90 Å². The van der Waals surface area contributed by atoms with Crippen molar-refractivity contribution in [2.75, 3.05) is 20.3 Å². The molecule has 0 aromatic carbocycles. The second-order valence-electron chi connectivity index (χ2n) is 4.41. The highest BCUT2D eigenvalue weighted by molar-refractivity contribution is 4.93. The van der Waals surface area contributed by atoms with Crippen molar-refractivity contribution < 1.29 is 14.2 Å². The van der Waals surface area contributed by atoms with E-state index in [9.17, 15) is 4.39 Å². The minimum Gasteiger partial charge on any atom is -0.389 e. The van der Waals surface area contributed by atoms with Crippen LogP contribution in [0.1, 0.15) is 26.7 Å². The van der Waals surface area contributed by atoms with Gasteiger partial charge in [0.2, 0.25) is 0 Å². The van der Waals surface area contributed by atoms with Crippen LogP contribution in [0.3, 0.4) is 0 Å². The van der Waals surface area contributed by atoms with Crippen molar-refractivity contribution in [2.24, 2.45) is 0 Å². The lowest BCUT2D eigenvalue weighted by Crippen LogP contribution is -2.40. The van der Waals surface area contributed by atoms with Crippen LogP contribution in [0.25, 0.3) is 0 Å². The fourth-order valence-corrected chi connectivity index (χ4v) is 1.73. The standard InChI is InChI=1S/C11H20FNO2/c1-11(2)13(3)10(8-15-11)6-4-5-9(12)7-14/h5,10,14H,4,6-8H2,1-3H3/t10-/m0/s1. The van der Waals surface area contributed by atoms with Crippen molar-refractivity contribution in [3.05, 3.63) is 11.9 Å². The zero-order valence-corrected chi connectivity index (χ0v) is 9.66. The summed E-state index contributed by atoms with van der Waals surface area (Å²) in [6.07, 6.45) is 2.94. The number of ether oxygens (including phenoxy) is 1. The smallest absolute Gasteiger partial charge is 0.121 e. The summed E-state index contributed by atoms with van der Waals surface area (Å²) in [6.45, 7) is 4.24. The molecular weight excluding hydrogens is 197 g/mol. The van der Waals surface area contributed by atoms with E-state index in [-0.39, 0.29) is 5.72 Å². The van der Waals surface area contributed by atoms with E-state index in [0.717, 1.165) is 6.42 Å². The van der Waals surface area contributed by atoms with Crippen LogP contribution in [0.15, 0.2) is 11.9 Å².